The molecule has 0 unspecified atom stereocenters. The lowest BCUT2D eigenvalue weighted by Crippen LogP contribution is -2.37. The van der Waals surface area contributed by atoms with Crippen LogP contribution in [-0.2, 0) is 4.79 Å². The lowest BCUT2D eigenvalue weighted by molar-refractivity contribution is -0.383. The standard InChI is InChI=1S/C12H14N4O4/c13-9-6-8(2-3-10(9)16(19)20)12(18)15-5-1-4-14-11(17)7-15/h2-3,6H,1,4-5,7,13H2,(H,14,17). The van der Waals surface area contributed by atoms with Gasteiger partial charge in [0.1, 0.15) is 5.69 Å². The smallest absolute Gasteiger partial charge is 0.292 e. The molecule has 0 spiro atoms. The van der Waals surface area contributed by atoms with Crippen molar-refractivity contribution in [3.8, 4) is 0 Å². The third-order valence-electron chi connectivity index (χ3n) is 3.02. The molecule has 1 aliphatic rings. The maximum atomic E-state index is 12.3. The summed E-state index contributed by atoms with van der Waals surface area (Å²) in [5.74, 6) is -0.575. The van der Waals surface area contributed by atoms with Crippen LogP contribution in [0.3, 0.4) is 0 Å². The monoisotopic (exact) mass is 278 g/mol. The van der Waals surface area contributed by atoms with Crippen molar-refractivity contribution in [2.24, 2.45) is 0 Å². The van der Waals surface area contributed by atoms with Crippen molar-refractivity contribution in [2.45, 2.75) is 6.42 Å². The number of anilines is 1. The molecule has 0 bridgehead atoms. The highest BCUT2D eigenvalue weighted by Gasteiger charge is 2.22. The molecular weight excluding hydrogens is 264 g/mol. The first-order valence-corrected chi connectivity index (χ1v) is 6.09. The Bertz CT molecular complexity index is 573. The summed E-state index contributed by atoms with van der Waals surface area (Å²) < 4.78 is 0. The van der Waals surface area contributed by atoms with Gasteiger partial charge in [-0.25, -0.2) is 0 Å². The maximum absolute atomic E-state index is 12.3. The molecule has 20 heavy (non-hydrogen) atoms. The zero-order valence-electron chi connectivity index (χ0n) is 10.7. The predicted molar refractivity (Wildman–Crippen MR) is 71.0 cm³/mol. The van der Waals surface area contributed by atoms with E-state index in [2.05, 4.69) is 5.32 Å². The number of benzene rings is 1. The SMILES string of the molecule is Nc1cc(C(=O)N2CCCNC(=O)C2)ccc1[N+](=O)[O-]. The van der Waals surface area contributed by atoms with Gasteiger partial charge in [-0.3, -0.25) is 19.7 Å². The number of carbonyl (C=O) groups excluding carboxylic acids is 2. The fraction of sp³-hybridized carbons (Fsp3) is 0.333. The van der Waals surface area contributed by atoms with E-state index in [1.807, 2.05) is 0 Å². The number of rotatable bonds is 2. The molecule has 106 valence electrons. The molecule has 1 heterocycles. The number of nitro benzene ring substituents is 1. The summed E-state index contributed by atoms with van der Waals surface area (Å²) in [6, 6.07) is 3.81. The number of nitro groups is 1. The molecule has 8 heteroatoms. The minimum atomic E-state index is -0.608. The summed E-state index contributed by atoms with van der Waals surface area (Å²) in [5.41, 5.74) is 5.48. The average Bonchev–Trinajstić information content (AvgIpc) is 2.62. The van der Waals surface area contributed by atoms with E-state index in [9.17, 15) is 19.7 Å². The van der Waals surface area contributed by atoms with Crippen LogP contribution in [0.5, 0.6) is 0 Å². The molecule has 2 amide bonds. The number of nitrogens with zero attached hydrogens (tertiary/aromatic N) is 2. The predicted octanol–water partition coefficient (Wildman–Crippen LogP) is 0.139. The molecule has 1 saturated heterocycles. The summed E-state index contributed by atoms with van der Waals surface area (Å²) in [4.78, 5) is 35.1. The molecule has 1 aliphatic heterocycles. The van der Waals surface area contributed by atoms with Gasteiger partial charge in [0.25, 0.3) is 11.6 Å². The number of nitrogens with one attached hydrogen (secondary N) is 1. The van der Waals surface area contributed by atoms with E-state index in [4.69, 9.17) is 5.73 Å². The van der Waals surface area contributed by atoms with Gasteiger partial charge in [0.15, 0.2) is 0 Å². The molecular formula is C12H14N4O4. The minimum Gasteiger partial charge on any atom is -0.393 e. The van der Waals surface area contributed by atoms with Crippen LogP contribution in [0, 0.1) is 10.1 Å². The van der Waals surface area contributed by atoms with Crippen molar-refractivity contribution in [1.82, 2.24) is 10.2 Å². The number of amides is 2. The molecule has 3 N–H and O–H groups in total. The Morgan fingerprint density at radius 2 is 2.20 bits per heavy atom. The Morgan fingerprint density at radius 1 is 1.45 bits per heavy atom. The fourth-order valence-electron chi connectivity index (χ4n) is 2.02. The second kappa shape index (κ2) is 5.55. The van der Waals surface area contributed by atoms with E-state index in [1.165, 1.54) is 23.1 Å². The maximum Gasteiger partial charge on any atom is 0.292 e. The third-order valence-corrected chi connectivity index (χ3v) is 3.02. The van der Waals surface area contributed by atoms with E-state index < -0.39 is 4.92 Å². The van der Waals surface area contributed by atoms with Crippen LogP contribution in [0.25, 0.3) is 0 Å². The summed E-state index contributed by atoms with van der Waals surface area (Å²) in [6.45, 7) is 0.967. The van der Waals surface area contributed by atoms with Crippen molar-refractivity contribution in [3.63, 3.8) is 0 Å². The Balaban J connectivity index is 2.22. The molecule has 8 nitrogen and oxygen atoms in total. The number of hydrogen-bond acceptors (Lipinski definition) is 5. The first-order valence-electron chi connectivity index (χ1n) is 6.09. The largest absolute Gasteiger partial charge is 0.393 e. The van der Waals surface area contributed by atoms with Gasteiger partial charge in [0.2, 0.25) is 5.91 Å². The van der Waals surface area contributed by atoms with E-state index in [0.717, 1.165) is 0 Å². The van der Waals surface area contributed by atoms with Gasteiger partial charge in [-0.15, -0.1) is 0 Å². The Kier molecular flexibility index (Phi) is 3.83. The summed E-state index contributed by atoms with van der Waals surface area (Å²) in [5, 5.41) is 13.3. The second-order valence-corrected chi connectivity index (χ2v) is 4.46. The van der Waals surface area contributed by atoms with Crippen molar-refractivity contribution in [1.29, 1.82) is 0 Å². The topological polar surface area (TPSA) is 119 Å². The van der Waals surface area contributed by atoms with Crippen LogP contribution in [-0.4, -0.2) is 41.3 Å². The fourth-order valence-corrected chi connectivity index (χ4v) is 2.02. The summed E-state index contributed by atoms with van der Waals surface area (Å²) in [7, 11) is 0. The van der Waals surface area contributed by atoms with Gasteiger partial charge < -0.3 is 16.0 Å². The summed E-state index contributed by atoms with van der Waals surface area (Å²) in [6.07, 6.45) is 0.667. The molecule has 0 radical (unpaired) electrons. The van der Waals surface area contributed by atoms with Crippen LogP contribution >= 0.6 is 0 Å². The third kappa shape index (κ3) is 2.85. The lowest BCUT2D eigenvalue weighted by Gasteiger charge is -2.19. The van der Waals surface area contributed by atoms with Gasteiger partial charge >= 0.3 is 0 Å². The number of carbonyl (C=O) groups is 2. The zero-order valence-corrected chi connectivity index (χ0v) is 10.7. The highest BCUT2D eigenvalue weighted by molar-refractivity contribution is 5.97. The first-order chi connectivity index (χ1) is 9.49. The normalized spacial score (nSPS) is 15.4. The highest BCUT2D eigenvalue weighted by atomic mass is 16.6. The van der Waals surface area contributed by atoms with Gasteiger partial charge in [-0.05, 0) is 18.6 Å². The van der Waals surface area contributed by atoms with E-state index in [0.29, 0.717) is 19.5 Å². The molecule has 1 fully saturated rings. The van der Waals surface area contributed by atoms with Crippen molar-refractivity contribution in [2.75, 3.05) is 25.4 Å². The van der Waals surface area contributed by atoms with Gasteiger partial charge in [0.05, 0.1) is 11.5 Å². The average molecular weight is 278 g/mol. The number of nitrogens with two attached hydrogens (primary N) is 1. The number of nitrogen functional groups attached to an aromatic ring is 1. The second-order valence-electron chi connectivity index (χ2n) is 4.46. The van der Waals surface area contributed by atoms with Crippen LogP contribution in [0.15, 0.2) is 18.2 Å². The molecule has 2 rings (SSSR count). The Hall–Kier alpha value is -2.64. The number of hydrogen-bond donors (Lipinski definition) is 2. The van der Waals surface area contributed by atoms with Crippen molar-refractivity contribution < 1.29 is 14.5 Å². The van der Waals surface area contributed by atoms with Gasteiger partial charge in [-0.1, -0.05) is 0 Å². The van der Waals surface area contributed by atoms with Crippen LogP contribution in [0.2, 0.25) is 0 Å². The van der Waals surface area contributed by atoms with E-state index >= 15 is 0 Å². The highest BCUT2D eigenvalue weighted by Crippen LogP contribution is 2.22. The lowest BCUT2D eigenvalue weighted by atomic mass is 10.1. The molecule has 0 saturated carbocycles. The van der Waals surface area contributed by atoms with Crippen LogP contribution in [0.1, 0.15) is 16.8 Å². The molecule has 0 atom stereocenters. The van der Waals surface area contributed by atoms with Gasteiger partial charge in [-0.2, -0.15) is 0 Å². The van der Waals surface area contributed by atoms with Crippen LogP contribution in [0.4, 0.5) is 11.4 Å². The molecule has 0 aliphatic carbocycles. The zero-order chi connectivity index (χ0) is 14.7. The Morgan fingerprint density at radius 3 is 2.85 bits per heavy atom. The van der Waals surface area contributed by atoms with Crippen molar-refractivity contribution in [3.05, 3.63) is 33.9 Å². The van der Waals surface area contributed by atoms with Crippen LogP contribution < -0.4 is 11.1 Å². The first kappa shape index (κ1) is 13.8. The van der Waals surface area contributed by atoms with Gasteiger partial charge in [0, 0.05) is 24.7 Å². The van der Waals surface area contributed by atoms with E-state index in [-0.39, 0.29) is 35.3 Å². The molecule has 1 aromatic rings. The minimum absolute atomic E-state index is 0.0181. The van der Waals surface area contributed by atoms with E-state index in [1.54, 1.807) is 0 Å². The molecule has 1 aromatic carbocycles. The Labute approximate surface area is 114 Å². The quantitative estimate of drug-likeness (QED) is 0.453. The summed E-state index contributed by atoms with van der Waals surface area (Å²) >= 11 is 0. The van der Waals surface area contributed by atoms with Crippen molar-refractivity contribution >= 4 is 23.2 Å². The molecule has 0 aromatic heterocycles.